The number of ether oxygens (including phenoxy) is 2. The molecule has 0 bridgehead atoms. The van der Waals surface area contributed by atoms with Gasteiger partial charge in [-0.15, -0.1) is 11.3 Å². The molecule has 1 N–H and O–H groups in total. The summed E-state index contributed by atoms with van der Waals surface area (Å²) in [7, 11) is 0. The number of fused-ring (bicyclic) bond motifs is 1. The molecule has 2 aromatic heterocycles. The van der Waals surface area contributed by atoms with E-state index in [-0.39, 0.29) is 19.1 Å². The first kappa shape index (κ1) is 18.4. The monoisotopic (exact) mass is 419 g/mol. The van der Waals surface area contributed by atoms with Crippen LogP contribution < -0.4 is 14.8 Å². The molecule has 7 nitrogen and oxygen atoms in total. The van der Waals surface area contributed by atoms with Gasteiger partial charge in [-0.2, -0.15) is 0 Å². The number of benzene rings is 2. The van der Waals surface area contributed by atoms with E-state index < -0.39 is 0 Å². The lowest BCUT2D eigenvalue weighted by atomic mass is 10.1. The van der Waals surface area contributed by atoms with Gasteiger partial charge in [0, 0.05) is 16.5 Å². The highest BCUT2D eigenvalue weighted by Crippen LogP contribution is 2.36. The molecule has 0 saturated heterocycles. The van der Waals surface area contributed by atoms with Crippen molar-refractivity contribution in [3.05, 3.63) is 65.4 Å². The van der Waals surface area contributed by atoms with E-state index in [9.17, 15) is 4.79 Å². The van der Waals surface area contributed by atoms with E-state index in [0.29, 0.717) is 28.2 Å². The summed E-state index contributed by atoms with van der Waals surface area (Å²) in [6.45, 7) is 2.04. The Morgan fingerprint density at radius 3 is 2.77 bits per heavy atom. The van der Waals surface area contributed by atoms with Crippen LogP contribution >= 0.6 is 11.3 Å². The fraction of sp³-hybridized carbons (Fsp3) is 0.136. The summed E-state index contributed by atoms with van der Waals surface area (Å²) < 4.78 is 16.5. The molecule has 1 aliphatic rings. The number of rotatable bonds is 5. The first-order chi connectivity index (χ1) is 14.7. The molecule has 3 heterocycles. The standard InChI is InChI=1S/C22H17N3O4S/c1-13-16(23-21(29-13)14-5-3-2-4-6-14)10-20(26)25-22-24-17(11-30-22)15-7-8-18-19(9-15)28-12-27-18/h2-9,11H,10,12H2,1H3,(H,24,25,26). The van der Waals surface area contributed by atoms with Gasteiger partial charge in [-0.3, -0.25) is 4.79 Å². The summed E-state index contributed by atoms with van der Waals surface area (Å²) in [4.78, 5) is 21.5. The largest absolute Gasteiger partial charge is 0.454 e. The molecular formula is C22H17N3O4S. The first-order valence-electron chi connectivity index (χ1n) is 9.33. The third kappa shape index (κ3) is 3.65. The molecule has 1 amide bonds. The zero-order valence-corrected chi connectivity index (χ0v) is 16.9. The number of aromatic nitrogens is 2. The van der Waals surface area contributed by atoms with Gasteiger partial charge < -0.3 is 19.2 Å². The van der Waals surface area contributed by atoms with Gasteiger partial charge in [0.1, 0.15) is 5.76 Å². The Labute approximate surface area is 176 Å². The normalized spacial score (nSPS) is 12.2. The summed E-state index contributed by atoms with van der Waals surface area (Å²) >= 11 is 1.36. The molecular weight excluding hydrogens is 402 g/mol. The first-order valence-corrected chi connectivity index (χ1v) is 10.2. The number of oxazole rings is 1. The molecule has 1 aliphatic heterocycles. The van der Waals surface area contributed by atoms with Crippen LogP contribution in [0.25, 0.3) is 22.7 Å². The number of hydrogen-bond donors (Lipinski definition) is 1. The Balaban J connectivity index is 1.27. The zero-order chi connectivity index (χ0) is 20.5. The van der Waals surface area contributed by atoms with Crippen molar-refractivity contribution in [2.75, 3.05) is 12.1 Å². The highest BCUT2D eigenvalue weighted by atomic mass is 32.1. The highest BCUT2D eigenvalue weighted by molar-refractivity contribution is 7.14. The van der Waals surface area contributed by atoms with Gasteiger partial charge in [-0.25, -0.2) is 9.97 Å². The van der Waals surface area contributed by atoms with Crippen molar-refractivity contribution in [3.63, 3.8) is 0 Å². The maximum atomic E-state index is 12.5. The van der Waals surface area contributed by atoms with Crippen molar-refractivity contribution in [2.24, 2.45) is 0 Å². The van der Waals surface area contributed by atoms with Gasteiger partial charge >= 0.3 is 0 Å². The van der Waals surface area contributed by atoms with Crippen LogP contribution in [0, 0.1) is 6.92 Å². The summed E-state index contributed by atoms with van der Waals surface area (Å²) in [5.74, 6) is 2.36. The molecule has 4 aromatic rings. The summed E-state index contributed by atoms with van der Waals surface area (Å²) in [6, 6.07) is 15.3. The van der Waals surface area contributed by atoms with E-state index in [1.165, 1.54) is 11.3 Å². The average Bonchev–Trinajstić information content (AvgIpc) is 3.49. The van der Waals surface area contributed by atoms with Gasteiger partial charge in [0.25, 0.3) is 0 Å². The van der Waals surface area contributed by atoms with Crippen LogP contribution in [0.3, 0.4) is 0 Å². The molecule has 0 saturated carbocycles. The van der Waals surface area contributed by atoms with Gasteiger partial charge in [0.15, 0.2) is 16.6 Å². The van der Waals surface area contributed by atoms with E-state index in [1.807, 2.05) is 60.8 Å². The van der Waals surface area contributed by atoms with Gasteiger partial charge in [-0.1, -0.05) is 18.2 Å². The predicted octanol–water partition coefficient (Wildman–Crippen LogP) is 4.68. The second-order valence-electron chi connectivity index (χ2n) is 6.72. The molecule has 0 fully saturated rings. The van der Waals surface area contributed by atoms with Crippen LogP contribution in [0.5, 0.6) is 11.5 Å². The number of carbonyl (C=O) groups excluding carboxylic acids is 1. The molecule has 30 heavy (non-hydrogen) atoms. The second kappa shape index (κ2) is 7.64. The minimum atomic E-state index is -0.197. The van der Waals surface area contributed by atoms with E-state index in [2.05, 4.69) is 15.3 Å². The topological polar surface area (TPSA) is 86.5 Å². The lowest BCUT2D eigenvalue weighted by Crippen LogP contribution is -2.15. The number of anilines is 1. The fourth-order valence-corrected chi connectivity index (χ4v) is 3.87. The molecule has 5 rings (SSSR count). The lowest BCUT2D eigenvalue weighted by Gasteiger charge is -2.01. The molecule has 0 radical (unpaired) electrons. The molecule has 150 valence electrons. The summed E-state index contributed by atoms with van der Waals surface area (Å²) in [6.07, 6.45) is 0.112. The van der Waals surface area contributed by atoms with Gasteiger partial charge in [0.05, 0.1) is 17.8 Å². The summed E-state index contributed by atoms with van der Waals surface area (Å²) in [5.41, 5.74) is 3.15. The number of thiazole rings is 1. The third-order valence-corrected chi connectivity index (χ3v) is 5.42. The maximum absolute atomic E-state index is 12.5. The zero-order valence-electron chi connectivity index (χ0n) is 16.0. The molecule has 0 unspecified atom stereocenters. The number of nitrogens with zero attached hydrogens (tertiary/aromatic N) is 2. The van der Waals surface area contributed by atoms with Crippen molar-refractivity contribution >= 4 is 22.4 Å². The predicted molar refractivity (Wildman–Crippen MR) is 113 cm³/mol. The van der Waals surface area contributed by atoms with E-state index >= 15 is 0 Å². The fourth-order valence-electron chi connectivity index (χ4n) is 3.13. The number of aryl methyl sites for hydroxylation is 1. The Kier molecular flexibility index (Phi) is 4.68. The van der Waals surface area contributed by atoms with E-state index in [4.69, 9.17) is 13.9 Å². The lowest BCUT2D eigenvalue weighted by molar-refractivity contribution is -0.115. The molecule has 0 spiro atoms. The van der Waals surface area contributed by atoms with Gasteiger partial charge in [-0.05, 0) is 37.3 Å². The Bertz CT molecular complexity index is 1220. The van der Waals surface area contributed by atoms with E-state index in [0.717, 1.165) is 22.6 Å². The molecule has 2 aromatic carbocycles. The van der Waals surface area contributed by atoms with Crippen LogP contribution in [0.1, 0.15) is 11.5 Å². The average molecular weight is 419 g/mol. The number of hydrogen-bond acceptors (Lipinski definition) is 7. The smallest absolute Gasteiger partial charge is 0.232 e. The Hall–Kier alpha value is -3.65. The summed E-state index contributed by atoms with van der Waals surface area (Å²) in [5, 5.41) is 5.26. The van der Waals surface area contributed by atoms with Crippen LogP contribution in [0.15, 0.2) is 58.3 Å². The highest BCUT2D eigenvalue weighted by Gasteiger charge is 2.17. The van der Waals surface area contributed by atoms with E-state index in [1.54, 1.807) is 0 Å². The minimum absolute atomic E-state index is 0.112. The SMILES string of the molecule is Cc1oc(-c2ccccc2)nc1CC(=O)Nc1nc(-c2ccc3c(c2)OCO3)cs1. The molecule has 0 atom stereocenters. The number of nitrogens with one attached hydrogen (secondary N) is 1. The number of carbonyl (C=O) groups is 1. The van der Waals surface area contributed by atoms with Gasteiger partial charge in [0.2, 0.25) is 18.6 Å². The molecule has 0 aliphatic carbocycles. The molecule has 8 heteroatoms. The quantitative estimate of drug-likeness (QED) is 0.505. The van der Waals surface area contributed by atoms with Crippen LogP contribution in [0.4, 0.5) is 5.13 Å². The Morgan fingerprint density at radius 1 is 1.07 bits per heavy atom. The third-order valence-electron chi connectivity index (χ3n) is 4.66. The van der Waals surface area contributed by atoms with Crippen molar-refractivity contribution in [1.82, 2.24) is 9.97 Å². The Morgan fingerprint density at radius 2 is 1.90 bits per heavy atom. The number of amides is 1. The van der Waals surface area contributed by atoms with Crippen molar-refractivity contribution in [1.29, 1.82) is 0 Å². The second-order valence-corrected chi connectivity index (χ2v) is 7.58. The van der Waals surface area contributed by atoms with Crippen LogP contribution in [0.2, 0.25) is 0 Å². The minimum Gasteiger partial charge on any atom is -0.454 e. The maximum Gasteiger partial charge on any atom is 0.232 e. The van der Waals surface area contributed by atoms with Crippen molar-refractivity contribution < 1.29 is 18.7 Å². The van der Waals surface area contributed by atoms with Crippen LogP contribution in [-0.4, -0.2) is 22.7 Å². The van der Waals surface area contributed by atoms with Crippen LogP contribution in [-0.2, 0) is 11.2 Å². The van der Waals surface area contributed by atoms with Crippen molar-refractivity contribution in [2.45, 2.75) is 13.3 Å². The van der Waals surface area contributed by atoms with Crippen molar-refractivity contribution in [3.8, 4) is 34.2 Å².